The monoisotopic (exact) mass is 383 g/mol. The maximum Gasteiger partial charge on any atom is 0.172 e. The molecule has 0 aliphatic heterocycles. The smallest absolute Gasteiger partial charge is 0.172 e. The van der Waals surface area contributed by atoms with E-state index < -0.39 is 0 Å². The van der Waals surface area contributed by atoms with Gasteiger partial charge in [0.15, 0.2) is 10.7 Å². The number of aromatic nitrogens is 1. The first-order valence-corrected chi connectivity index (χ1v) is 10.3. The molecule has 0 fully saturated rings. The summed E-state index contributed by atoms with van der Waals surface area (Å²) in [5.74, 6) is 0. The Morgan fingerprint density at radius 1 is 1.00 bits per heavy atom. The first kappa shape index (κ1) is 18.8. The Morgan fingerprint density at radius 3 is 2.26 bits per heavy atom. The molecular weight excluding hydrogens is 354 g/mol. The SMILES string of the molecule is CC(C)(C)Cc1cc2c(oc3c(Cl)nccc32)c2c1C(C)(C)CCC2(C)C. The summed E-state index contributed by atoms with van der Waals surface area (Å²) in [5.41, 5.74) is 6.47. The zero-order chi connectivity index (χ0) is 19.8. The van der Waals surface area contributed by atoms with E-state index >= 15 is 0 Å². The van der Waals surface area contributed by atoms with Crippen LogP contribution in [0.3, 0.4) is 0 Å². The molecule has 4 rings (SSSR count). The number of fused-ring (bicyclic) bond motifs is 5. The zero-order valence-electron chi connectivity index (χ0n) is 17.6. The average molecular weight is 384 g/mol. The molecule has 3 aromatic rings. The van der Waals surface area contributed by atoms with Gasteiger partial charge in [0.2, 0.25) is 0 Å². The second kappa shape index (κ2) is 5.73. The number of nitrogens with zero attached hydrogens (tertiary/aromatic N) is 1. The van der Waals surface area contributed by atoms with Crippen molar-refractivity contribution in [2.45, 2.75) is 78.6 Å². The number of furan rings is 1. The van der Waals surface area contributed by atoms with Crippen LogP contribution in [-0.2, 0) is 17.3 Å². The highest BCUT2D eigenvalue weighted by Crippen LogP contribution is 2.52. The normalized spacial score (nSPS) is 18.8. The van der Waals surface area contributed by atoms with Crippen molar-refractivity contribution in [3.05, 3.63) is 40.2 Å². The van der Waals surface area contributed by atoms with Crippen LogP contribution >= 0.6 is 11.6 Å². The standard InChI is InChI=1S/C24H30ClNO/c1-22(2,3)13-14-12-16-15-8-11-26-21(25)20(15)27-19(16)18-17(14)23(4,5)9-10-24(18,6)7/h8,11-12H,9-10,13H2,1-7H3. The summed E-state index contributed by atoms with van der Waals surface area (Å²) in [6.07, 6.45) is 5.18. The molecule has 0 amide bonds. The predicted molar refractivity (Wildman–Crippen MR) is 115 cm³/mol. The van der Waals surface area contributed by atoms with Gasteiger partial charge in [0.05, 0.1) is 0 Å². The first-order chi connectivity index (χ1) is 12.4. The third kappa shape index (κ3) is 2.97. The number of rotatable bonds is 1. The highest BCUT2D eigenvalue weighted by Gasteiger charge is 2.41. The van der Waals surface area contributed by atoms with Crippen molar-refractivity contribution in [2.24, 2.45) is 5.41 Å². The van der Waals surface area contributed by atoms with Gasteiger partial charge in [-0.05, 0) is 58.8 Å². The molecule has 144 valence electrons. The summed E-state index contributed by atoms with van der Waals surface area (Å²) in [4.78, 5) is 4.23. The minimum Gasteiger partial charge on any atom is -0.452 e. The van der Waals surface area contributed by atoms with Gasteiger partial charge in [-0.25, -0.2) is 4.98 Å². The molecule has 0 radical (unpaired) electrons. The average Bonchev–Trinajstić information content (AvgIpc) is 2.89. The summed E-state index contributed by atoms with van der Waals surface area (Å²) < 4.78 is 6.40. The van der Waals surface area contributed by atoms with Crippen LogP contribution in [0, 0.1) is 5.41 Å². The molecule has 2 nitrogen and oxygen atoms in total. The fourth-order valence-corrected chi connectivity index (χ4v) is 5.06. The van der Waals surface area contributed by atoms with Crippen LogP contribution in [0.4, 0.5) is 0 Å². The van der Waals surface area contributed by atoms with E-state index in [-0.39, 0.29) is 16.2 Å². The van der Waals surface area contributed by atoms with E-state index in [1.165, 1.54) is 28.5 Å². The van der Waals surface area contributed by atoms with Crippen molar-refractivity contribution < 1.29 is 4.42 Å². The summed E-state index contributed by atoms with van der Waals surface area (Å²) >= 11 is 6.38. The minimum atomic E-state index is 0.0742. The van der Waals surface area contributed by atoms with Gasteiger partial charge >= 0.3 is 0 Å². The third-order valence-corrected chi connectivity index (χ3v) is 6.44. The fraction of sp³-hybridized carbons (Fsp3) is 0.542. The lowest BCUT2D eigenvalue weighted by molar-refractivity contribution is 0.324. The van der Waals surface area contributed by atoms with Crippen molar-refractivity contribution in [3.8, 4) is 0 Å². The molecule has 0 bridgehead atoms. The largest absolute Gasteiger partial charge is 0.452 e. The van der Waals surface area contributed by atoms with Crippen LogP contribution in [0.15, 0.2) is 22.7 Å². The lowest BCUT2D eigenvalue weighted by Crippen LogP contribution is -2.35. The van der Waals surface area contributed by atoms with Gasteiger partial charge in [0.1, 0.15) is 5.58 Å². The number of pyridine rings is 1. The maximum atomic E-state index is 6.40. The molecule has 2 aromatic heterocycles. The van der Waals surface area contributed by atoms with E-state index in [4.69, 9.17) is 16.0 Å². The van der Waals surface area contributed by atoms with Crippen LogP contribution in [0.2, 0.25) is 5.15 Å². The Kier molecular flexibility index (Phi) is 3.99. The molecule has 0 saturated carbocycles. The van der Waals surface area contributed by atoms with E-state index in [0.29, 0.717) is 10.7 Å². The van der Waals surface area contributed by atoms with Gasteiger partial charge in [-0.1, -0.05) is 60.1 Å². The van der Waals surface area contributed by atoms with Crippen LogP contribution in [0.5, 0.6) is 0 Å². The van der Waals surface area contributed by atoms with Crippen LogP contribution in [0.25, 0.3) is 21.9 Å². The molecule has 2 heterocycles. The van der Waals surface area contributed by atoms with Crippen molar-refractivity contribution in [2.75, 3.05) is 0 Å². The second-order valence-corrected chi connectivity index (χ2v) is 11.1. The quantitative estimate of drug-likeness (QED) is 0.405. The Hall–Kier alpha value is -1.54. The molecule has 0 unspecified atom stereocenters. The Balaban J connectivity index is 2.20. The number of halogens is 1. The zero-order valence-corrected chi connectivity index (χ0v) is 18.3. The Labute approximate surface area is 167 Å². The van der Waals surface area contributed by atoms with E-state index in [1.807, 2.05) is 6.07 Å². The molecule has 0 N–H and O–H groups in total. The van der Waals surface area contributed by atoms with Crippen molar-refractivity contribution in [1.82, 2.24) is 4.98 Å². The fourth-order valence-electron chi connectivity index (χ4n) is 4.87. The summed E-state index contributed by atoms with van der Waals surface area (Å²) in [6, 6.07) is 4.39. The topological polar surface area (TPSA) is 26.0 Å². The number of benzene rings is 1. The third-order valence-electron chi connectivity index (χ3n) is 6.17. The predicted octanol–water partition coefficient (Wildman–Crippen LogP) is 7.57. The second-order valence-electron chi connectivity index (χ2n) is 10.7. The molecule has 1 aliphatic carbocycles. The summed E-state index contributed by atoms with van der Waals surface area (Å²) in [7, 11) is 0. The van der Waals surface area contributed by atoms with Gasteiger partial charge in [0.25, 0.3) is 0 Å². The highest BCUT2D eigenvalue weighted by atomic mass is 35.5. The van der Waals surface area contributed by atoms with E-state index in [2.05, 4.69) is 59.5 Å². The molecule has 0 spiro atoms. The maximum absolute atomic E-state index is 6.40. The van der Waals surface area contributed by atoms with Crippen molar-refractivity contribution >= 4 is 33.5 Å². The molecule has 27 heavy (non-hydrogen) atoms. The minimum absolute atomic E-state index is 0.0742. The van der Waals surface area contributed by atoms with Gasteiger partial charge < -0.3 is 4.42 Å². The molecule has 0 atom stereocenters. The van der Waals surface area contributed by atoms with Crippen molar-refractivity contribution in [3.63, 3.8) is 0 Å². The number of hydrogen-bond donors (Lipinski definition) is 0. The lowest BCUT2D eigenvalue weighted by Gasteiger charge is -2.43. The van der Waals surface area contributed by atoms with Crippen LogP contribution < -0.4 is 0 Å². The van der Waals surface area contributed by atoms with Crippen LogP contribution in [-0.4, -0.2) is 4.98 Å². The van der Waals surface area contributed by atoms with E-state index in [9.17, 15) is 0 Å². The van der Waals surface area contributed by atoms with Gasteiger partial charge in [-0.3, -0.25) is 0 Å². The molecule has 0 saturated heterocycles. The molecular formula is C24H30ClNO. The van der Waals surface area contributed by atoms with Gasteiger partial charge in [0, 0.05) is 22.5 Å². The van der Waals surface area contributed by atoms with E-state index in [1.54, 1.807) is 6.20 Å². The van der Waals surface area contributed by atoms with Crippen molar-refractivity contribution in [1.29, 1.82) is 0 Å². The number of hydrogen-bond acceptors (Lipinski definition) is 2. The summed E-state index contributed by atoms with van der Waals surface area (Å²) in [5, 5.41) is 2.70. The van der Waals surface area contributed by atoms with Crippen LogP contribution in [0.1, 0.15) is 78.0 Å². The Bertz CT molecular complexity index is 1050. The van der Waals surface area contributed by atoms with Gasteiger partial charge in [-0.2, -0.15) is 0 Å². The van der Waals surface area contributed by atoms with E-state index in [0.717, 1.165) is 23.8 Å². The lowest BCUT2D eigenvalue weighted by atomic mass is 9.60. The summed E-state index contributed by atoms with van der Waals surface area (Å²) in [6.45, 7) is 16.4. The molecule has 3 heteroatoms. The molecule has 1 aromatic carbocycles. The first-order valence-electron chi connectivity index (χ1n) is 9.94. The Morgan fingerprint density at radius 2 is 1.63 bits per heavy atom. The molecule has 1 aliphatic rings. The highest BCUT2D eigenvalue weighted by molar-refractivity contribution is 6.34. The van der Waals surface area contributed by atoms with Gasteiger partial charge in [-0.15, -0.1) is 0 Å².